The highest BCUT2D eigenvalue weighted by atomic mass is 14.9. The van der Waals surface area contributed by atoms with E-state index < -0.39 is 0 Å². The molecule has 0 radical (unpaired) electrons. The Morgan fingerprint density at radius 3 is 3.00 bits per heavy atom. The van der Waals surface area contributed by atoms with Gasteiger partial charge in [0.05, 0.1) is 0 Å². The van der Waals surface area contributed by atoms with Crippen LogP contribution < -0.4 is 5.73 Å². The van der Waals surface area contributed by atoms with Crippen molar-refractivity contribution in [3.8, 4) is 0 Å². The first-order chi connectivity index (χ1) is 5.38. The highest BCUT2D eigenvalue weighted by molar-refractivity contribution is 4.96. The van der Waals surface area contributed by atoms with Crippen molar-refractivity contribution in [2.45, 2.75) is 25.7 Å². The van der Waals surface area contributed by atoms with Gasteiger partial charge in [0, 0.05) is 24.9 Å². The lowest BCUT2D eigenvalue weighted by molar-refractivity contribution is 0.595. The molecule has 0 bridgehead atoms. The molecule has 0 fully saturated rings. The van der Waals surface area contributed by atoms with Gasteiger partial charge in [-0.25, -0.2) is 4.98 Å². The number of hydrogen-bond donors (Lipinski definition) is 2. The molecule has 0 amide bonds. The van der Waals surface area contributed by atoms with Crippen LogP contribution in [-0.4, -0.2) is 16.5 Å². The lowest BCUT2D eigenvalue weighted by Crippen LogP contribution is -2.13. The molecular formula is C8H15N3. The molecule has 1 unspecified atom stereocenters. The van der Waals surface area contributed by atoms with E-state index in [0.717, 1.165) is 18.7 Å². The maximum Gasteiger partial charge on any atom is 0.110 e. The maximum atomic E-state index is 5.59. The van der Waals surface area contributed by atoms with E-state index >= 15 is 0 Å². The molecule has 1 atom stereocenters. The minimum Gasteiger partial charge on any atom is -0.348 e. The third-order valence-corrected chi connectivity index (χ3v) is 1.83. The lowest BCUT2D eigenvalue weighted by atomic mass is 10.0. The van der Waals surface area contributed by atoms with E-state index in [1.54, 1.807) is 6.20 Å². The van der Waals surface area contributed by atoms with Crippen molar-refractivity contribution in [3.63, 3.8) is 0 Å². The largest absolute Gasteiger partial charge is 0.348 e. The van der Waals surface area contributed by atoms with Gasteiger partial charge in [-0.05, 0) is 6.42 Å². The average molecular weight is 153 g/mol. The molecule has 0 saturated carbocycles. The molecule has 1 heterocycles. The minimum absolute atomic E-state index is 0.412. The second kappa shape index (κ2) is 4.13. The van der Waals surface area contributed by atoms with Gasteiger partial charge in [-0.15, -0.1) is 0 Å². The second-order valence-corrected chi connectivity index (χ2v) is 2.70. The van der Waals surface area contributed by atoms with E-state index in [1.807, 2.05) is 6.20 Å². The predicted molar refractivity (Wildman–Crippen MR) is 45.3 cm³/mol. The summed E-state index contributed by atoms with van der Waals surface area (Å²) in [6.45, 7) is 2.84. The van der Waals surface area contributed by atoms with Crippen LogP contribution in [0, 0.1) is 0 Å². The van der Waals surface area contributed by atoms with Crippen LogP contribution in [0.25, 0.3) is 0 Å². The van der Waals surface area contributed by atoms with Gasteiger partial charge >= 0.3 is 0 Å². The van der Waals surface area contributed by atoms with E-state index in [4.69, 9.17) is 5.73 Å². The van der Waals surface area contributed by atoms with Crippen molar-refractivity contribution < 1.29 is 0 Å². The number of nitrogens with zero attached hydrogens (tertiary/aromatic N) is 1. The molecule has 0 aliphatic rings. The van der Waals surface area contributed by atoms with Crippen LogP contribution in [0.5, 0.6) is 0 Å². The average Bonchev–Trinajstić information content (AvgIpc) is 2.52. The van der Waals surface area contributed by atoms with Crippen LogP contribution in [0.4, 0.5) is 0 Å². The molecule has 62 valence electrons. The number of nitrogens with one attached hydrogen (secondary N) is 1. The van der Waals surface area contributed by atoms with Crippen molar-refractivity contribution in [2.75, 3.05) is 6.54 Å². The summed E-state index contributed by atoms with van der Waals surface area (Å²) in [7, 11) is 0. The van der Waals surface area contributed by atoms with E-state index in [9.17, 15) is 0 Å². The Morgan fingerprint density at radius 2 is 2.55 bits per heavy atom. The van der Waals surface area contributed by atoms with Gasteiger partial charge in [0.25, 0.3) is 0 Å². The number of aromatic nitrogens is 2. The summed E-state index contributed by atoms with van der Waals surface area (Å²) in [5.41, 5.74) is 5.59. The van der Waals surface area contributed by atoms with Crippen molar-refractivity contribution in [1.29, 1.82) is 0 Å². The number of aromatic amines is 1. The molecule has 0 aliphatic carbocycles. The zero-order valence-corrected chi connectivity index (χ0v) is 6.88. The third-order valence-electron chi connectivity index (χ3n) is 1.83. The molecule has 1 aromatic rings. The second-order valence-electron chi connectivity index (χ2n) is 2.70. The first-order valence-electron chi connectivity index (χ1n) is 4.07. The van der Waals surface area contributed by atoms with Crippen LogP contribution >= 0.6 is 0 Å². The fourth-order valence-corrected chi connectivity index (χ4v) is 1.22. The summed E-state index contributed by atoms with van der Waals surface area (Å²) >= 11 is 0. The first-order valence-corrected chi connectivity index (χ1v) is 4.07. The number of H-pyrrole nitrogens is 1. The number of rotatable bonds is 4. The standard InChI is InChI=1S/C8H15N3/c1-2-3-7(6-9)8-10-4-5-11-8/h4-5,7H,2-3,6,9H2,1H3,(H,10,11). The third kappa shape index (κ3) is 2.05. The van der Waals surface area contributed by atoms with Crippen molar-refractivity contribution in [3.05, 3.63) is 18.2 Å². The van der Waals surface area contributed by atoms with Crippen LogP contribution in [0.1, 0.15) is 31.5 Å². The molecule has 0 aliphatic heterocycles. The number of imidazole rings is 1. The Kier molecular flexibility index (Phi) is 3.11. The number of hydrogen-bond acceptors (Lipinski definition) is 2. The smallest absolute Gasteiger partial charge is 0.110 e. The Hall–Kier alpha value is -0.830. The van der Waals surface area contributed by atoms with Crippen molar-refractivity contribution in [1.82, 2.24) is 9.97 Å². The van der Waals surface area contributed by atoms with Gasteiger partial charge in [0.15, 0.2) is 0 Å². The maximum absolute atomic E-state index is 5.59. The van der Waals surface area contributed by atoms with Crippen molar-refractivity contribution in [2.24, 2.45) is 5.73 Å². The summed E-state index contributed by atoms with van der Waals surface area (Å²) < 4.78 is 0. The molecule has 0 saturated heterocycles. The van der Waals surface area contributed by atoms with Gasteiger partial charge < -0.3 is 10.7 Å². The summed E-state index contributed by atoms with van der Waals surface area (Å²) in [4.78, 5) is 7.25. The van der Waals surface area contributed by atoms with Gasteiger partial charge in [-0.1, -0.05) is 13.3 Å². The quantitative estimate of drug-likeness (QED) is 0.684. The molecular weight excluding hydrogens is 138 g/mol. The normalized spacial score (nSPS) is 13.3. The fourth-order valence-electron chi connectivity index (χ4n) is 1.22. The minimum atomic E-state index is 0.412. The summed E-state index contributed by atoms with van der Waals surface area (Å²) in [5, 5.41) is 0. The molecule has 11 heavy (non-hydrogen) atoms. The van der Waals surface area contributed by atoms with Crippen molar-refractivity contribution >= 4 is 0 Å². The Bertz CT molecular complexity index is 181. The Labute approximate surface area is 67.0 Å². The lowest BCUT2D eigenvalue weighted by Gasteiger charge is -2.09. The molecule has 0 spiro atoms. The molecule has 1 aromatic heterocycles. The van der Waals surface area contributed by atoms with E-state index in [-0.39, 0.29) is 0 Å². The van der Waals surface area contributed by atoms with Gasteiger partial charge in [0.2, 0.25) is 0 Å². The zero-order valence-electron chi connectivity index (χ0n) is 6.88. The highest BCUT2D eigenvalue weighted by Crippen LogP contribution is 2.14. The van der Waals surface area contributed by atoms with Crippen LogP contribution in [0.15, 0.2) is 12.4 Å². The van der Waals surface area contributed by atoms with Gasteiger partial charge in [-0.3, -0.25) is 0 Å². The molecule has 3 N–H and O–H groups in total. The summed E-state index contributed by atoms with van der Waals surface area (Å²) in [5.74, 6) is 1.43. The molecule has 0 aromatic carbocycles. The fraction of sp³-hybridized carbons (Fsp3) is 0.625. The van der Waals surface area contributed by atoms with Crippen LogP contribution in [0.2, 0.25) is 0 Å². The van der Waals surface area contributed by atoms with Crippen LogP contribution in [0.3, 0.4) is 0 Å². The van der Waals surface area contributed by atoms with E-state index in [2.05, 4.69) is 16.9 Å². The van der Waals surface area contributed by atoms with Gasteiger partial charge in [0.1, 0.15) is 5.82 Å². The molecule has 3 heteroatoms. The summed E-state index contributed by atoms with van der Waals surface area (Å²) in [6, 6.07) is 0. The Morgan fingerprint density at radius 1 is 1.73 bits per heavy atom. The van der Waals surface area contributed by atoms with Crippen LogP contribution in [-0.2, 0) is 0 Å². The predicted octanol–water partition coefficient (Wildman–Crippen LogP) is 1.25. The molecule has 1 rings (SSSR count). The van der Waals surface area contributed by atoms with E-state index in [1.165, 1.54) is 0 Å². The van der Waals surface area contributed by atoms with E-state index in [0.29, 0.717) is 12.5 Å². The number of nitrogens with two attached hydrogens (primary N) is 1. The zero-order chi connectivity index (χ0) is 8.10. The Balaban J connectivity index is 2.56. The monoisotopic (exact) mass is 153 g/mol. The van der Waals surface area contributed by atoms with Gasteiger partial charge in [-0.2, -0.15) is 0 Å². The topological polar surface area (TPSA) is 54.7 Å². The highest BCUT2D eigenvalue weighted by Gasteiger charge is 2.09. The SMILES string of the molecule is CCCC(CN)c1ncc[nH]1. The summed E-state index contributed by atoms with van der Waals surface area (Å²) in [6.07, 6.45) is 5.88. The molecule has 3 nitrogen and oxygen atoms in total. The first kappa shape index (κ1) is 8.27.